The standard InChI is InChI=1S/C16H24N2OS/c1-2-20-15-8-7-14(11-15)18-16(19)13-5-3-12(4-6-13)9-10-17/h3-6,14-15H,2,7-11,17H2,1H3,(H,18,19). The smallest absolute Gasteiger partial charge is 0.251 e. The van der Waals surface area contributed by atoms with Crippen molar-refractivity contribution in [2.75, 3.05) is 12.3 Å². The first-order valence-electron chi connectivity index (χ1n) is 7.44. The Hall–Kier alpha value is -1.00. The third-order valence-electron chi connectivity index (χ3n) is 3.77. The number of amides is 1. The van der Waals surface area contributed by atoms with E-state index in [0.29, 0.717) is 12.6 Å². The second kappa shape index (κ2) is 7.70. The summed E-state index contributed by atoms with van der Waals surface area (Å²) in [7, 11) is 0. The van der Waals surface area contributed by atoms with Crippen molar-refractivity contribution in [3.63, 3.8) is 0 Å². The van der Waals surface area contributed by atoms with Gasteiger partial charge in [0.05, 0.1) is 0 Å². The zero-order valence-corrected chi connectivity index (χ0v) is 12.9. The predicted octanol–water partition coefficient (Wildman–Crippen LogP) is 2.59. The fourth-order valence-electron chi connectivity index (χ4n) is 2.72. The van der Waals surface area contributed by atoms with Crippen LogP contribution in [0.15, 0.2) is 24.3 Å². The zero-order valence-electron chi connectivity index (χ0n) is 12.1. The van der Waals surface area contributed by atoms with Crippen molar-refractivity contribution < 1.29 is 4.79 Å². The minimum Gasteiger partial charge on any atom is -0.349 e. The molecule has 0 aromatic heterocycles. The molecule has 1 aromatic rings. The molecule has 1 fully saturated rings. The summed E-state index contributed by atoms with van der Waals surface area (Å²) < 4.78 is 0. The van der Waals surface area contributed by atoms with E-state index in [9.17, 15) is 4.79 Å². The second-order valence-electron chi connectivity index (χ2n) is 5.30. The molecule has 0 saturated heterocycles. The van der Waals surface area contributed by atoms with Crippen LogP contribution in [0.1, 0.15) is 42.1 Å². The van der Waals surface area contributed by atoms with Crippen LogP contribution in [0, 0.1) is 0 Å². The lowest BCUT2D eigenvalue weighted by Crippen LogP contribution is -2.33. The Balaban J connectivity index is 1.85. The van der Waals surface area contributed by atoms with Gasteiger partial charge in [0.2, 0.25) is 0 Å². The van der Waals surface area contributed by atoms with Crippen molar-refractivity contribution in [1.82, 2.24) is 5.32 Å². The summed E-state index contributed by atoms with van der Waals surface area (Å²) in [6.07, 6.45) is 4.30. The minimum absolute atomic E-state index is 0.0523. The molecule has 2 atom stereocenters. The number of nitrogens with one attached hydrogen (secondary N) is 1. The van der Waals surface area contributed by atoms with E-state index in [-0.39, 0.29) is 5.91 Å². The van der Waals surface area contributed by atoms with Crippen LogP contribution in [0.4, 0.5) is 0 Å². The number of carbonyl (C=O) groups excluding carboxylic acids is 1. The summed E-state index contributed by atoms with van der Waals surface area (Å²) >= 11 is 2.01. The van der Waals surface area contributed by atoms with Gasteiger partial charge in [-0.05, 0) is 55.7 Å². The molecule has 0 spiro atoms. The molecule has 1 amide bonds. The van der Waals surface area contributed by atoms with Crippen LogP contribution in [0.2, 0.25) is 0 Å². The summed E-state index contributed by atoms with van der Waals surface area (Å²) in [6, 6.07) is 8.12. The Bertz CT molecular complexity index is 433. The number of hydrogen-bond donors (Lipinski definition) is 2. The maximum Gasteiger partial charge on any atom is 0.251 e. The lowest BCUT2D eigenvalue weighted by molar-refractivity contribution is 0.0938. The van der Waals surface area contributed by atoms with E-state index < -0.39 is 0 Å². The monoisotopic (exact) mass is 292 g/mol. The molecule has 1 aliphatic rings. The van der Waals surface area contributed by atoms with Crippen LogP contribution in [0.3, 0.4) is 0 Å². The van der Waals surface area contributed by atoms with Crippen LogP contribution in [0.25, 0.3) is 0 Å². The van der Waals surface area contributed by atoms with Crippen LogP contribution in [-0.2, 0) is 6.42 Å². The van der Waals surface area contributed by atoms with Crippen LogP contribution in [0.5, 0.6) is 0 Å². The number of nitrogens with two attached hydrogens (primary N) is 1. The van der Waals surface area contributed by atoms with Gasteiger partial charge < -0.3 is 11.1 Å². The molecule has 4 heteroatoms. The normalized spacial score (nSPS) is 21.9. The largest absolute Gasteiger partial charge is 0.349 e. The van der Waals surface area contributed by atoms with Crippen molar-refractivity contribution in [3.05, 3.63) is 35.4 Å². The van der Waals surface area contributed by atoms with Gasteiger partial charge in [-0.2, -0.15) is 11.8 Å². The molecular formula is C16H24N2OS. The third-order valence-corrected chi connectivity index (χ3v) is 5.00. The third kappa shape index (κ3) is 4.25. The first-order valence-corrected chi connectivity index (χ1v) is 8.49. The minimum atomic E-state index is 0.0523. The molecule has 0 heterocycles. The second-order valence-corrected chi connectivity index (χ2v) is 6.87. The molecule has 110 valence electrons. The van der Waals surface area contributed by atoms with Gasteiger partial charge in [0, 0.05) is 16.9 Å². The van der Waals surface area contributed by atoms with Crippen molar-refractivity contribution >= 4 is 17.7 Å². The molecule has 20 heavy (non-hydrogen) atoms. The average molecular weight is 292 g/mol. The quantitative estimate of drug-likeness (QED) is 0.847. The van der Waals surface area contributed by atoms with Crippen LogP contribution >= 0.6 is 11.8 Å². The van der Waals surface area contributed by atoms with Crippen molar-refractivity contribution in [1.29, 1.82) is 0 Å². The predicted molar refractivity (Wildman–Crippen MR) is 86.2 cm³/mol. The summed E-state index contributed by atoms with van der Waals surface area (Å²) in [6.45, 7) is 2.84. The molecule has 0 radical (unpaired) electrons. The summed E-state index contributed by atoms with van der Waals surface area (Å²) in [4.78, 5) is 12.2. The van der Waals surface area contributed by atoms with Gasteiger partial charge in [-0.15, -0.1) is 0 Å². The van der Waals surface area contributed by atoms with Crippen LogP contribution < -0.4 is 11.1 Å². The van der Waals surface area contributed by atoms with E-state index in [1.54, 1.807) is 0 Å². The van der Waals surface area contributed by atoms with Crippen molar-refractivity contribution in [2.45, 2.75) is 43.9 Å². The molecule has 2 unspecified atom stereocenters. The Kier molecular flexibility index (Phi) is 5.92. The van der Waals surface area contributed by atoms with E-state index in [1.165, 1.54) is 12.0 Å². The molecule has 2 rings (SSSR count). The van der Waals surface area contributed by atoms with E-state index in [4.69, 9.17) is 5.73 Å². The van der Waals surface area contributed by atoms with E-state index in [1.807, 2.05) is 36.0 Å². The lowest BCUT2D eigenvalue weighted by atomic mass is 10.1. The Morgan fingerprint density at radius 1 is 1.35 bits per heavy atom. The molecule has 0 aliphatic heterocycles. The topological polar surface area (TPSA) is 55.1 Å². The molecular weight excluding hydrogens is 268 g/mol. The number of thioether (sulfide) groups is 1. The number of rotatable bonds is 6. The highest BCUT2D eigenvalue weighted by atomic mass is 32.2. The first-order chi connectivity index (χ1) is 9.72. The molecule has 3 nitrogen and oxygen atoms in total. The van der Waals surface area contributed by atoms with E-state index in [2.05, 4.69) is 12.2 Å². The first kappa shape index (κ1) is 15.4. The van der Waals surface area contributed by atoms with Crippen molar-refractivity contribution in [3.8, 4) is 0 Å². The van der Waals surface area contributed by atoms with E-state index >= 15 is 0 Å². The van der Waals surface area contributed by atoms with E-state index in [0.717, 1.165) is 35.8 Å². The van der Waals surface area contributed by atoms with Gasteiger partial charge >= 0.3 is 0 Å². The van der Waals surface area contributed by atoms with Crippen molar-refractivity contribution in [2.24, 2.45) is 5.73 Å². The van der Waals surface area contributed by atoms with Gasteiger partial charge in [0.25, 0.3) is 5.91 Å². The number of benzene rings is 1. The number of carbonyl (C=O) groups is 1. The summed E-state index contributed by atoms with van der Waals surface area (Å²) in [5.74, 6) is 1.21. The van der Waals surface area contributed by atoms with Gasteiger partial charge in [-0.3, -0.25) is 4.79 Å². The van der Waals surface area contributed by atoms with Gasteiger partial charge in [-0.25, -0.2) is 0 Å². The summed E-state index contributed by atoms with van der Waals surface area (Å²) in [5.41, 5.74) is 7.46. The molecule has 1 aliphatic carbocycles. The highest BCUT2D eigenvalue weighted by molar-refractivity contribution is 7.99. The molecule has 1 aromatic carbocycles. The zero-order chi connectivity index (χ0) is 14.4. The lowest BCUT2D eigenvalue weighted by Gasteiger charge is -2.13. The maximum atomic E-state index is 12.2. The Morgan fingerprint density at radius 3 is 2.75 bits per heavy atom. The molecule has 0 bridgehead atoms. The summed E-state index contributed by atoms with van der Waals surface area (Å²) in [5, 5.41) is 3.88. The van der Waals surface area contributed by atoms with Crippen LogP contribution in [-0.4, -0.2) is 29.5 Å². The SMILES string of the molecule is CCSC1CCC(NC(=O)c2ccc(CCN)cc2)C1. The fourth-order valence-corrected chi connectivity index (χ4v) is 3.86. The van der Waals surface area contributed by atoms with Gasteiger partial charge in [0.1, 0.15) is 0 Å². The Labute approximate surface area is 125 Å². The van der Waals surface area contributed by atoms with Gasteiger partial charge in [0.15, 0.2) is 0 Å². The Morgan fingerprint density at radius 2 is 2.10 bits per heavy atom. The highest BCUT2D eigenvalue weighted by Crippen LogP contribution is 2.29. The maximum absolute atomic E-state index is 12.2. The fraction of sp³-hybridized carbons (Fsp3) is 0.562. The molecule has 3 N–H and O–H groups in total. The van der Waals surface area contributed by atoms with Gasteiger partial charge in [-0.1, -0.05) is 19.1 Å². The highest BCUT2D eigenvalue weighted by Gasteiger charge is 2.25. The molecule has 1 saturated carbocycles. The number of hydrogen-bond acceptors (Lipinski definition) is 3. The average Bonchev–Trinajstić information content (AvgIpc) is 2.88.